The SMILES string of the molecule is Fc1ccccc1/C=N\NC(=S)NCc1ccc2c(c1)OCO2. The molecule has 0 amide bonds. The van der Waals surface area contributed by atoms with E-state index in [2.05, 4.69) is 15.8 Å². The molecule has 0 atom stereocenters. The van der Waals surface area contributed by atoms with E-state index in [1.807, 2.05) is 18.2 Å². The van der Waals surface area contributed by atoms with Gasteiger partial charge in [-0.3, -0.25) is 5.43 Å². The number of fused-ring (bicyclic) bond motifs is 1. The fourth-order valence-electron chi connectivity index (χ4n) is 2.01. The van der Waals surface area contributed by atoms with Crippen LogP contribution >= 0.6 is 12.2 Å². The van der Waals surface area contributed by atoms with Crippen LogP contribution in [-0.4, -0.2) is 18.1 Å². The van der Waals surface area contributed by atoms with Crippen LogP contribution in [0.2, 0.25) is 0 Å². The highest BCUT2D eigenvalue weighted by molar-refractivity contribution is 7.80. The number of ether oxygens (including phenoxy) is 2. The first-order valence-electron chi connectivity index (χ1n) is 6.92. The van der Waals surface area contributed by atoms with Crippen molar-refractivity contribution in [1.82, 2.24) is 10.7 Å². The molecule has 1 heterocycles. The van der Waals surface area contributed by atoms with Gasteiger partial charge >= 0.3 is 0 Å². The van der Waals surface area contributed by atoms with E-state index in [1.165, 1.54) is 12.3 Å². The summed E-state index contributed by atoms with van der Waals surface area (Å²) in [5.41, 5.74) is 4.03. The number of hydrogen-bond donors (Lipinski definition) is 2. The first-order valence-corrected chi connectivity index (χ1v) is 7.33. The Hall–Kier alpha value is -2.67. The maximum atomic E-state index is 13.4. The third-order valence-corrected chi connectivity index (χ3v) is 3.40. The standard InChI is InChI=1S/C16H14FN3O2S/c17-13-4-2-1-3-12(13)9-19-20-16(23)18-8-11-5-6-14-15(7-11)22-10-21-14/h1-7,9H,8,10H2,(H2,18,20,23)/b19-9-. The van der Waals surface area contributed by atoms with Gasteiger partial charge in [-0.05, 0) is 36.0 Å². The van der Waals surface area contributed by atoms with Gasteiger partial charge < -0.3 is 14.8 Å². The van der Waals surface area contributed by atoms with Gasteiger partial charge in [-0.2, -0.15) is 5.10 Å². The lowest BCUT2D eigenvalue weighted by molar-refractivity contribution is 0.174. The van der Waals surface area contributed by atoms with Crippen molar-refractivity contribution in [2.45, 2.75) is 6.54 Å². The predicted octanol–water partition coefficient (Wildman–Crippen LogP) is 2.55. The molecule has 0 fully saturated rings. The van der Waals surface area contributed by atoms with Crippen LogP contribution in [0.4, 0.5) is 4.39 Å². The van der Waals surface area contributed by atoms with Gasteiger partial charge in [-0.15, -0.1) is 0 Å². The Balaban J connectivity index is 1.49. The summed E-state index contributed by atoms with van der Waals surface area (Å²) in [6.45, 7) is 0.759. The topological polar surface area (TPSA) is 54.9 Å². The molecule has 7 heteroatoms. The maximum absolute atomic E-state index is 13.4. The summed E-state index contributed by atoms with van der Waals surface area (Å²) in [5.74, 6) is 1.13. The Labute approximate surface area is 138 Å². The van der Waals surface area contributed by atoms with E-state index >= 15 is 0 Å². The van der Waals surface area contributed by atoms with Crippen LogP contribution in [0.5, 0.6) is 11.5 Å². The molecule has 1 aliphatic heterocycles. The van der Waals surface area contributed by atoms with Crippen LogP contribution in [0.3, 0.4) is 0 Å². The second kappa shape index (κ2) is 7.06. The van der Waals surface area contributed by atoms with Crippen molar-refractivity contribution >= 4 is 23.5 Å². The number of hydrazone groups is 1. The zero-order valence-corrected chi connectivity index (χ0v) is 12.9. The van der Waals surface area contributed by atoms with Gasteiger partial charge in [-0.1, -0.05) is 24.3 Å². The molecule has 0 unspecified atom stereocenters. The molecule has 2 N–H and O–H groups in total. The summed E-state index contributed by atoms with van der Waals surface area (Å²) < 4.78 is 24.0. The fraction of sp³-hybridized carbons (Fsp3) is 0.125. The molecule has 0 bridgehead atoms. The van der Waals surface area contributed by atoms with E-state index in [9.17, 15) is 4.39 Å². The number of halogens is 1. The molecule has 0 aromatic heterocycles. The third kappa shape index (κ3) is 3.95. The lowest BCUT2D eigenvalue weighted by Gasteiger charge is -2.07. The third-order valence-electron chi connectivity index (χ3n) is 3.17. The Morgan fingerprint density at radius 3 is 2.91 bits per heavy atom. The average Bonchev–Trinajstić information content (AvgIpc) is 3.02. The highest BCUT2D eigenvalue weighted by Crippen LogP contribution is 2.32. The second-order valence-electron chi connectivity index (χ2n) is 4.76. The monoisotopic (exact) mass is 331 g/mol. The number of nitrogens with zero attached hydrogens (tertiary/aromatic N) is 1. The zero-order valence-electron chi connectivity index (χ0n) is 12.1. The number of rotatable bonds is 4. The van der Waals surface area contributed by atoms with Crippen molar-refractivity contribution in [3.8, 4) is 11.5 Å². The molecule has 5 nitrogen and oxygen atoms in total. The first kappa shape index (κ1) is 15.2. The van der Waals surface area contributed by atoms with Crippen molar-refractivity contribution < 1.29 is 13.9 Å². The molecule has 0 saturated carbocycles. The minimum absolute atomic E-state index is 0.247. The van der Waals surface area contributed by atoms with Crippen LogP contribution in [-0.2, 0) is 6.54 Å². The average molecular weight is 331 g/mol. The molecule has 0 spiro atoms. The lowest BCUT2D eigenvalue weighted by atomic mass is 10.2. The van der Waals surface area contributed by atoms with Crippen LogP contribution in [0.15, 0.2) is 47.6 Å². The summed E-state index contributed by atoms with van der Waals surface area (Å²) >= 11 is 5.12. The van der Waals surface area contributed by atoms with Gasteiger partial charge in [0, 0.05) is 12.1 Å². The Kier molecular flexibility index (Phi) is 4.68. The number of nitrogens with one attached hydrogen (secondary N) is 2. The predicted molar refractivity (Wildman–Crippen MR) is 89.1 cm³/mol. The highest BCUT2D eigenvalue weighted by atomic mass is 32.1. The molecule has 1 aliphatic rings. The quantitative estimate of drug-likeness (QED) is 0.512. The molecule has 2 aromatic rings. The Morgan fingerprint density at radius 1 is 1.22 bits per heavy atom. The second-order valence-corrected chi connectivity index (χ2v) is 5.17. The molecular formula is C16H14FN3O2S. The number of hydrogen-bond acceptors (Lipinski definition) is 4. The van der Waals surface area contributed by atoms with Crippen molar-refractivity contribution in [3.63, 3.8) is 0 Å². The van der Waals surface area contributed by atoms with E-state index in [0.29, 0.717) is 17.2 Å². The van der Waals surface area contributed by atoms with Crippen LogP contribution < -0.4 is 20.2 Å². The molecule has 0 saturated heterocycles. The minimum Gasteiger partial charge on any atom is -0.454 e. The number of benzene rings is 2. The molecule has 118 valence electrons. The summed E-state index contributed by atoms with van der Waals surface area (Å²) in [6, 6.07) is 12.0. The normalized spacial score (nSPS) is 12.4. The van der Waals surface area contributed by atoms with Crippen LogP contribution in [0, 0.1) is 5.82 Å². The fourth-order valence-corrected chi connectivity index (χ4v) is 2.14. The van der Waals surface area contributed by atoms with E-state index in [1.54, 1.807) is 18.2 Å². The van der Waals surface area contributed by atoms with Crippen LogP contribution in [0.1, 0.15) is 11.1 Å². The summed E-state index contributed by atoms with van der Waals surface area (Å²) in [5, 5.41) is 7.26. The van der Waals surface area contributed by atoms with Crippen molar-refractivity contribution in [3.05, 3.63) is 59.4 Å². The largest absolute Gasteiger partial charge is 0.454 e. The lowest BCUT2D eigenvalue weighted by Crippen LogP contribution is -2.31. The Morgan fingerprint density at radius 2 is 2.04 bits per heavy atom. The van der Waals surface area contributed by atoms with Gasteiger partial charge in [0.1, 0.15) is 5.82 Å². The zero-order chi connectivity index (χ0) is 16.1. The smallest absolute Gasteiger partial charge is 0.231 e. The summed E-state index contributed by atoms with van der Waals surface area (Å²) in [4.78, 5) is 0. The molecular weight excluding hydrogens is 317 g/mol. The van der Waals surface area contributed by atoms with Crippen molar-refractivity contribution in [1.29, 1.82) is 0 Å². The molecule has 2 aromatic carbocycles. The molecule has 0 radical (unpaired) electrons. The number of thiocarbonyl (C=S) groups is 1. The van der Waals surface area contributed by atoms with E-state index in [4.69, 9.17) is 21.7 Å². The van der Waals surface area contributed by atoms with E-state index in [-0.39, 0.29) is 12.6 Å². The Bertz CT molecular complexity index is 752. The molecule has 3 rings (SSSR count). The molecule has 23 heavy (non-hydrogen) atoms. The van der Waals surface area contributed by atoms with E-state index < -0.39 is 0 Å². The summed E-state index contributed by atoms with van der Waals surface area (Å²) in [7, 11) is 0. The molecule has 0 aliphatic carbocycles. The first-order chi connectivity index (χ1) is 11.2. The highest BCUT2D eigenvalue weighted by Gasteiger charge is 2.12. The van der Waals surface area contributed by atoms with Crippen molar-refractivity contribution in [2.24, 2.45) is 5.10 Å². The van der Waals surface area contributed by atoms with Gasteiger partial charge in [0.2, 0.25) is 6.79 Å². The van der Waals surface area contributed by atoms with Gasteiger partial charge in [-0.25, -0.2) is 4.39 Å². The maximum Gasteiger partial charge on any atom is 0.231 e. The summed E-state index contributed by atoms with van der Waals surface area (Å²) in [6.07, 6.45) is 1.38. The minimum atomic E-state index is -0.336. The van der Waals surface area contributed by atoms with Crippen LogP contribution in [0.25, 0.3) is 0 Å². The van der Waals surface area contributed by atoms with Gasteiger partial charge in [0.15, 0.2) is 16.6 Å². The van der Waals surface area contributed by atoms with Gasteiger partial charge in [0.05, 0.1) is 6.21 Å². The van der Waals surface area contributed by atoms with E-state index in [0.717, 1.165) is 17.1 Å². The van der Waals surface area contributed by atoms with Gasteiger partial charge in [0.25, 0.3) is 0 Å². The van der Waals surface area contributed by atoms with Crippen molar-refractivity contribution in [2.75, 3.05) is 6.79 Å².